The number of benzene rings is 1. The number of carbonyl (C=O) groups excluding carboxylic acids is 1. The predicted molar refractivity (Wildman–Crippen MR) is 145 cm³/mol. The van der Waals surface area contributed by atoms with Gasteiger partial charge in [0.2, 0.25) is 0 Å². The van der Waals surface area contributed by atoms with Gasteiger partial charge < -0.3 is 30.8 Å². The molecule has 3 aromatic heterocycles. The molecule has 5 rings (SSSR count). The van der Waals surface area contributed by atoms with Gasteiger partial charge in [-0.15, -0.1) is 0 Å². The molecule has 42 heavy (non-hydrogen) atoms. The number of carbonyl (C=O) groups is 1. The molecule has 11 nitrogen and oxygen atoms in total. The Balaban J connectivity index is 1.58. The van der Waals surface area contributed by atoms with E-state index in [2.05, 4.69) is 19.9 Å². The van der Waals surface area contributed by atoms with Gasteiger partial charge in [-0.2, -0.15) is 0 Å². The quantitative estimate of drug-likeness (QED) is 0.159. The van der Waals surface area contributed by atoms with E-state index in [0.29, 0.717) is 35.4 Å². The largest absolute Gasteiger partial charge is 0.423 e. The van der Waals surface area contributed by atoms with Crippen molar-refractivity contribution < 1.29 is 32.2 Å². The monoisotopic (exact) mass is 588 g/mol. The van der Waals surface area contributed by atoms with Gasteiger partial charge in [-0.25, -0.2) is 32.5 Å². The van der Waals surface area contributed by atoms with Gasteiger partial charge in [0, 0.05) is 31.1 Å². The van der Waals surface area contributed by atoms with E-state index in [-0.39, 0.29) is 43.0 Å². The standard InChI is InChI=1S/C27H28F4N8O3/c1-2-21(40)42-20-8-16(28)15(7-17(20)29)18-6-14(10-39-13-37-22-25(32)35-12-36-26(22)39)19(9-34-18)38-5-3-4-27(33,11-38)23(41)24(30)31/h6-9,12-13,23-24,41H,2-5,10-11,33H2,1H3,(H2,32,35,36)/t23-,27-/m1/s1. The molecule has 0 spiro atoms. The van der Waals surface area contributed by atoms with E-state index in [9.17, 15) is 23.1 Å². The van der Waals surface area contributed by atoms with Crippen LogP contribution >= 0.6 is 0 Å². The number of nitrogens with zero attached hydrogens (tertiary/aromatic N) is 6. The molecule has 0 amide bonds. The second-order valence-corrected chi connectivity index (χ2v) is 10.1. The molecule has 1 saturated heterocycles. The summed E-state index contributed by atoms with van der Waals surface area (Å²) in [4.78, 5) is 30.1. The van der Waals surface area contributed by atoms with Crippen molar-refractivity contribution in [3.8, 4) is 17.0 Å². The Bertz CT molecular complexity index is 1630. The fourth-order valence-corrected chi connectivity index (χ4v) is 5.05. The third-order valence-electron chi connectivity index (χ3n) is 7.27. The van der Waals surface area contributed by atoms with Crippen molar-refractivity contribution in [2.24, 2.45) is 5.73 Å². The first-order valence-corrected chi connectivity index (χ1v) is 13.1. The molecule has 5 N–H and O–H groups in total. The lowest BCUT2D eigenvalue weighted by molar-refractivity contribution is -0.134. The minimum absolute atomic E-state index is 0.0242. The summed E-state index contributed by atoms with van der Waals surface area (Å²) in [5.41, 5.74) is 12.2. The SMILES string of the molecule is CCC(=O)Oc1cc(F)c(-c2cc(Cn3cnc4c(N)ncnc43)c(N3CCC[C@](N)([C@H](O)C(F)F)C3)cn2)cc1F. The maximum absolute atomic E-state index is 15.2. The number of imidazole rings is 1. The first-order valence-electron chi connectivity index (χ1n) is 13.1. The van der Waals surface area contributed by atoms with Crippen LogP contribution in [0, 0.1) is 11.6 Å². The fourth-order valence-electron chi connectivity index (χ4n) is 5.05. The molecule has 2 atom stereocenters. The Kier molecular flexibility index (Phi) is 7.97. The Morgan fingerprint density at radius 1 is 1.17 bits per heavy atom. The van der Waals surface area contributed by atoms with Gasteiger partial charge in [0.25, 0.3) is 6.43 Å². The lowest BCUT2D eigenvalue weighted by Crippen LogP contribution is -2.63. The number of nitrogens with two attached hydrogens (primary N) is 2. The summed E-state index contributed by atoms with van der Waals surface area (Å²) in [5.74, 6) is -2.95. The Morgan fingerprint density at radius 2 is 1.95 bits per heavy atom. The van der Waals surface area contributed by atoms with Crippen molar-refractivity contribution in [3.63, 3.8) is 0 Å². The third-order valence-corrected chi connectivity index (χ3v) is 7.27. The van der Waals surface area contributed by atoms with Crippen LogP contribution in [0.25, 0.3) is 22.4 Å². The highest BCUT2D eigenvalue weighted by Crippen LogP contribution is 2.35. The molecule has 1 aliphatic rings. The molecule has 4 heterocycles. The molecule has 0 aliphatic carbocycles. The highest BCUT2D eigenvalue weighted by molar-refractivity contribution is 5.81. The van der Waals surface area contributed by atoms with Crippen LogP contribution in [0.1, 0.15) is 31.7 Å². The van der Waals surface area contributed by atoms with Crippen LogP contribution in [-0.2, 0) is 11.3 Å². The molecule has 0 saturated carbocycles. The predicted octanol–water partition coefficient (Wildman–Crippen LogP) is 3.04. The van der Waals surface area contributed by atoms with Gasteiger partial charge in [-0.05, 0) is 30.5 Å². The first-order chi connectivity index (χ1) is 20.0. The molecule has 0 unspecified atom stereocenters. The van der Waals surface area contributed by atoms with Crippen molar-refractivity contribution in [1.82, 2.24) is 24.5 Å². The second-order valence-electron chi connectivity index (χ2n) is 10.1. The highest BCUT2D eigenvalue weighted by atomic mass is 19.3. The topological polar surface area (TPSA) is 158 Å². The van der Waals surface area contributed by atoms with Crippen LogP contribution in [0.15, 0.2) is 37.1 Å². The highest BCUT2D eigenvalue weighted by Gasteiger charge is 2.43. The second kappa shape index (κ2) is 11.5. The van der Waals surface area contributed by atoms with Crippen LogP contribution in [0.2, 0.25) is 0 Å². The van der Waals surface area contributed by atoms with Crippen molar-refractivity contribution >= 4 is 28.6 Å². The van der Waals surface area contributed by atoms with Gasteiger partial charge >= 0.3 is 5.97 Å². The van der Waals surface area contributed by atoms with Crippen molar-refractivity contribution in [1.29, 1.82) is 0 Å². The van der Waals surface area contributed by atoms with Gasteiger partial charge in [0.1, 0.15) is 23.8 Å². The summed E-state index contributed by atoms with van der Waals surface area (Å²) in [7, 11) is 0. The first kappa shape index (κ1) is 29.1. The van der Waals surface area contributed by atoms with E-state index in [1.807, 2.05) is 0 Å². The van der Waals surface area contributed by atoms with Crippen LogP contribution < -0.4 is 21.1 Å². The number of aromatic nitrogens is 5. The van der Waals surface area contributed by atoms with Crippen LogP contribution in [-0.4, -0.2) is 66.7 Å². The van der Waals surface area contributed by atoms with Crippen molar-refractivity contribution in [3.05, 3.63) is 54.2 Å². The number of halogens is 4. The number of anilines is 2. The van der Waals surface area contributed by atoms with Gasteiger partial charge in [-0.3, -0.25) is 9.78 Å². The Labute approximate surface area is 237 Å². The number of pyridine rings is 1. The van der Waals surface area contributed by atoms with E-state index in [1.54, 1.807) is 9.47 Å². The van der Waals surface area contributed by atoms with Gasteiger partial charge in [0.15, 0.2) is 23.0 Å². The number of esters is 1. The number of nitrogen functional groups attached to an aromatic ring is 1. The average Bonchev–Trinajstić information content (AvgIpc) is 3.38. The van der Waals surface area contributed by atoms with Gasteiger partial charge in [-0.1, -0.05) is 6.92 Å². The number of aliphatic hydroxyl groups is 1. The lowest BCUT2D eigenvalue weighted by atomic mass is 9.84. The fraction of sp³-hybridized carbons (Fsp3) is 0.370. The molecule has 4 aromatic rings. The molecule has 222 valence electrons. The summed E-state index contributed by atoms with van der Waals surface area (Å²) in [5, 5.41) is 10.2. The Morgan fingerprint density at radius 3 is 2.69 bits per heavy atom. The van der Waals surface area contributed by atoms with E-state index in [4.69, 9.17) is 16.2 Å². The number of rotatable bonds is 8. The van der Waals surface area contributed by atoms with Crippen LogP contribution in [0.5, 0.6) is 5.75 Å². The maximum Gasteiger partial charge on any atom is 0.310 e. The van der Waals surface area contributed by atoms with Crippen LogP contribution in [0.4, 0.5) is 29.1 Å². The maximum atomic E-state index is 15.2. The average molecular weight is 589 g/mol. The molecule has 1 aliphatic heterocycles. The number of aliphatic hydroxyl groups excluding tert-OH is 1. The van der Waals surface area contributed by atoms with E-state index < -0.39 is 41.4 Å². The smallest absolute Gasteiger partial charge is 0.310 e. The van der Waals surface area contributed by atoms with Crippen molar-refractivity contribution in [2.75, 3.05) is 23.7 Å². The number of ether oxygens (including phenoxy) is 1. The molecule has 15 heteroatoms. The number of hydrogen-bond donors (Lipinski definition) is 3. The molecule has 0 radical (unpaired) electrons. The lowest BCUT2D eigenvalue weighted by Gasteiger charge is -2.44. The molecule has 1 aromatic carbocycles. The molecule has 0 bridgehead atoms. The number of fused-ring (bicyclic) bond motifs is 1. The molecular weight excluding hydrogens is 560 g/mol. The number of hydrogen-bond acceptors (Lipinski definition) is 10. The zero-order valence-corrected chi connectivity index (χ0v) is 22.5. The van der Waals surface area contributed by atoms with Gasteiger partial charge in [0.05, 0.1) is 36.0 Å². The number of alkyl halides is 2. The number of piperidine rings is 1. The summed E-state index contributed by atoms with van der Waals surface area (Å²) < 4.78 is 63.4. The summed E-state index contributed by atoms with van der Waals surface area (Å²) >= 11 is 0. The van der Waals surface area contributed by atoms with E-state index in [0.717, 1.165) is 12.1 Å². The minimum Gasteiger partial charge on any atom is -0.423 e. The van der Waals surface area contributed by atoms with E-state index >= 15 is 4.39 Å². The third kappa shape index (κ3) is 5.56. The molecule has 1 fully saturated rings. The minimum atomic E-state index is -3.03. The summed E-state index contributed by atoms with van der Waals surface area (Å²) in [6.45, 7) is 1.93. The summed E-state index contributed by atoms with van der Waals surface area (Å²) in [6.07, 6.45) is -0.339. The Hall–Kier alpha value is -4.37. The van der Waals surface area contributed by atoms with E-state index in [1.165, 1.54) is 31.8 Å². The van der Waals surface area contributed by atoms with Crippen LogP contribution in [0.3, 0.4) is 0 Å². The zero-order valence-electron chi connectivity index (χ0n) is 22.5. The zero-order chi connectivity index (χ0) is 30.2. The summed E-state index contributed by atoms with van der Waals surface area (Å²) in [6, 6.07) is 3.18. The normalized spacial score (nSPS) is 18.0. The molecular formula is C27H28F4N8O3. The van der Waals surface area contributed by atoms with Crippen molar-refractivity contribution in [2.45, 2.75) is 50.8 Å².